The van der Waals surface area contributed by atoms with Gasteiger partial charge in [-0.05, 0) is 63.5 Å². The molecule has 1 aromatic carbocycles. The highest BCUT2D eigenvalue weighted by Gasteiger charge is 2.41. The minimum absolute atomic E-state index is 0.0911. The van der Waals surface area contributed by atoms with Crippen LogP contribution in [0.1, 0.15) is 43.2 Å². The summed E-state index contributed by atoms with van der Waals surface area (Å²) in [5, 5.41) is 0. The van der Waals surface area contributed by atoms with Crippen LogP contribution in [0.5, 0.6) is 0 Å². The van der Waals surface area contributed by atoms with Crippen molar-refractivity contribution in [2.75, 3.05) is 14.1 Å². The first-order valence-electron chi connectivity index (χ1n) is 7.88. The standard InChI is InChI=1S/C17H28FN3/c1-13-11-15(18)8-7-14(13)12-16(20-19)17(21(2)3)9-5-4-6-10-17/h7-8,11,16,20H,4-6,9-10,12,19H2,1-3H3. The van der Waals surface area contributed by atoms with E-state index in [2.05, 4.69) is 24.4 Å². The number of hydrogen-bond acceptors (Lipinski definition) is 3. The molecule has 118 valence electrons. The number of likely N-dealkylation sites (N-methyl/N-ethyl adjacent to an activating group) is 1. The summed E-state index contributed by atoms with van der Waals surface area (Å²) in [5.41, 5.74) is 5.31. The van der Waals surface area contributed by atoms with E-state index in [1.807, 2.05) is 13.0 Å². The molecule has 1 aliphatic rings. The van der Waals surface area contributed by atoms with Crippen molar-refractivity contribution in [3.05, 3.63) is 35.1 Å². The molecular formula is C17H28FN3. The van der Waals surface area contributed by atoms with Crippen molar-refractivity contribution < 1.29 is 4.39 Å². The lowest BCUT2D eigenvalue weighted by atomic mass is 9.73. The van der Waals surface area contributed by atoms with Crippen LogP contribution in [0.2, 0.25) is 0 Å². The van der Waals surface area contributed by atoms with E-state index in [0.717, 1.165) is 24.8 Å². The fraction of sp³-hybridized carbons (Fsp3) is 0.647. The first-order valence-corrected chi connectivity index (χ1v) is 7.88. The van der Waals surface area contributed by atoms with E-state index in [4.69, 9.17) is 5.84 Å². The molecule has 4 heteroatoms. The van der Waals surface area contributed by atoms with Crippen molar-refractivity contribution in [3.63, 3.8) is 0 Å². The molecule has 3 N–H and O–H groups in total. The molecule has 2 rings (SSSR count). The van der Waals surface area contributed by atoms with Crippen LogP contribution in [0.3, 0.4) is 0 Å². The first kappa shape index (κ1) is 16.4. The average Bonchev–Trinajstić information content (AvgIpc) is 2.47. The lowest BCUT2D eigenvalue weighted by Crippen LogP contribution is -2.62. The van der Waals surface area contributed by atoms with E-state index in [-0.39, 0.29) is 17.4 Å². The SMILES string of the molecule is Cc1cc(F)ccc1CC(NN)C1(N(C)C)CCCCC1. The van der Waals surface area contributed by atoms with Crippen LogP contribution in [0.25, 0.3) is 0 Å². The number of halogens is 1. The predicted octanol–water partition coefficient (Wildman–Crippen LogP) is 2.77. The van der Waals surface area contributed by atoms with E-state index < -0.39 is 0 Å². The minimum atomic E-state index is -0.173. The van der Waals surface area contributed by atoms with E-state index in [1.165, 1.54) is 24.8 Å². The number of aryl methyl sites for hydroxylation is 1. The second-order valence-electron chi connectivity index (χ2n) is 6.55. The van der Waals surface area contributed by atoms with E-state index in [9.17, 15) is 4.39 Å². The predicted molar refractivity (Wildman–Crippen MR) is 85.5 cm³/mol. The number of hydrazine groups is 1. The summed E-state index contributed by atoms with van der Waals surface area (Å²) in [6.07, 6.45) is 6.96. The second-order valence-corrected chi connectivity index (χ2v) is 6.55. The van der Waals surface area contributed by atoms with Crippen LogP contribution in [-0.4, -0.2) is 30.6 Å². The van der Waals surface area contributed by atoms with Crippen LogP contribution in [0.4, 0.5) is 4.39 Å². The lowest BCUT2D eigenvalue weighted by Gasteiger charge is -2.48. The van der Waals surface area contributed by atoms with E-state index >= 15 is 0 Å². The highest BCUT2D eigenvalue weighted by Crippen LogP contribution is 2.36. The normalized spacial score (nSPS) is 19.7. The number of nitrogens with zero attached hydrogens (tertiary/aromatic N) is 1. The monoisotopic (exact) mass is 293 g/mol. The van der Waals surface area contributed by atoms with Gasteiger partial charge in [0.05, 0.1) is 0 Å². The van der Waals surface area contributed by atoms with Crippen molar-refractivity contribution >= 4 is 0 Å². The molecule has 1 fully saturated rings. The zero-order valence-corrected chi connectivity index (χ0v) is 13.5. The van der Waals surface area contributed by atoms with Gasteiger partial charge in [0, 0.05) is 11.6 Å². The van der Waals surface area contributed by atoms with Gasteiger partial charge in [-0.3, -0.25) is 11.3 Å². The zero-order chi connectivity index (χ0) is 15.5. The van der Waals surface area contributed by atoms with Crippen LogP contribution < -0.4 is 11.3 Å². The van der Waals surface area contributed by atoms with Gasteiger partial charge in [0.1, 0.15) is 5.82 Å². The Morgan fingerprint density at radius 2 is 1.95 bits per heavy atom. The smallest absolute Gasteiger partial charge is 0.123 e. The van der Waals surface area contributed by atoms with E-state index in [1.54, 1.807) is 12.1 Å². The third-order valence-corrected chi connectivity index (χ3v) is 5.19. The Morgan fingerprint density at radius 3 is 2.48 bits per heavy atom. The van der Waals surface area contributed by atoms with E-state index in [0.29, 0.717) is 0 Å². The van der Waals surface area contributed by atoms with Gasteiger partial charge in [-0.1, -0.05) is 25.3 Å². The molecule has 0 heterocycles. The van der Waals surface area contributed by atoms with Gasteiger partial charge in [-0.2, -0.15) is 0 Å². The molecule has 3 nitrogen and oxygen atoms in total. The summed E-state index contributed by atoms with van der Waals surface area (Å²) in [4.78, 5) is 2.33. The Bertz CT molecular complexity index is 467. The summed E-state index contributed by atoms with van der Waals surface area (Å²) in [5.74, 6) is 5.73. The Labute approximate surface area is 127 Å². The summed E-state index contributed by atoms with van der Waals surface area (Å²) < 4.78 is 13.3. The fourth-order valence-corrected chi connectivity index (χ4v) is 3.78. The maximum Gasteiger partial charge on any atom is 0.123 e. The molecule has 1 atom stereocenters. The van der Waals surface area contributed by atoms with Crippen molar-refractivity contribution in [3.8, 4) is 0 Å². The Balaban J connectivity index is 2.24. The number of nitrogens with one attached hydrogen (secondary N) is 1. The number of rotatable bonds is 5. The molecule has 0 bridgehead atoms. The molecule has 0 aromatic heterocycles. The van der Waals surface area contributed by atoms with Crippen molar-refractivity contribution in [1.82, 2.24) is 10.3 Å². The second kappa shape index (κ2) is 6.86. The lowest BCUT2D eigenvalue weighted by molar-refractivity contribution is 0.0568. The molecule has 0 aliphatic heterocycles. The highest BCUT2D eigenvalue weighted by molar-refractivity contribution is 5.28. The number of benzene rings is 1. The average molecular weight is 293 g/mol. The minimum Gasteiger partial charge on any atom is -0.302 e. The van der Waals surface area contributed by atoms with Gasteiger partial charge in [-0.25, -0.2) is 4.39 Å². The molecule has 0 spiro atoms. The Hall–Kier alpha value is -0.970. The summed E-state index contributed by atoms with van der Waals surface area (Å²) in [7, 11) is 4.29. The third-order valence-electron chi connectivity index (χ3n) is 5.19. The topological polar surface area (TPSA) is 41.3 Å². The van der Waals surface area contributed by atoms with Crippen molar-refractivity contribution in [2.24, 2.45) is 5.84 Å². The van der Waals surface area contributed by atoms with Crippen LogP contribution in [-0.2, 0) is 6.42 Å². The number of hydrogen-bond donors (Lipinski definition) is 2. The molecular weight excluding hydrogens is 265 g/mol. The zero-order valence-electron chi connectivity index (χ0n) is 13.5. The Morgan fingerprint density at radius 1 is 1.29 bits per heavy atom. The molecule has 1 saturated carbocycles. The summed E-state index contributed by atoms with van der Waals surface area (Å²) in [6, 6.07) is 5.21. The van der Waals surface area contributed by atoms with Crippen LogP contribution in [0, 0.1) is 12.7 Å². The maximum absolute atomic E-state index is 13.3. The summed E-state index contributed by atoms with van der Waals surface area (Å²) >= 11 is 0. The molecule has 1 aliphatic carbocycles. The maximum atomic E-state index is 13.3. The molecule has 0 amide bonds. The van der Waals surface area contributed by atoms with Gasteiger partial charge in [-0.15, -0.1) is 0 Å². The molecule has 1 unspecified atom stereocenters. The van der Waals surface area contributed by atoms with Gasteiger partial charge in [0.2, 0.25) is 0 Å². The van der Waals surface area contributed by atoms with Gasteiger partial charge in [0.25, 0.3) is 0 Å². The van der Waals surface area contributed by atoms with Crippen molar-refractivity contribution in [2.45, 2.75) is 57.0 Å². The van der Waals surface area contributed by atoms with Gasteiger partial charge >= 0.3 is 0 Å². The first-order chi connectivity index (χ1) is 9.99. The molecule has 0 saturated heterocycles. The summed E-state index contributed by atoms with van der Waals surface area (Å²) in [6.45, 7) is 1.97. The van der Waals surface area contributed by atoms with Gasteiger partial charge in [0.15, 0.2) is 0 Å². The van der Waals surface area contributed by atoms with Gasteiger partial charge < -0.3 is 4.90 Å². The van der Waals surface area contributed by atoms with Crippen molar-refractivity contribution in [1.29, 1.82) is 0 Å². The molecule has 21 heavy (non-hydrogen) atoms. The molecule has 1 aromatic rings. The fourth-order valence-electron chi connectivity index (χ4n) is 3.78. The highest BCUT2D eigenvalue weighted by atomic mass is 19.1. The van der Waals surface area contributed by atoms with Crippen LogP contribution in [0.15, 0.2) is 18.2 Å². The molecule has 0 radical (unpaired) electrons. The third kappa shape index (κ3) is 3.44. The number of nitrogens with two attached hydrogens (primary N) is 1. The quantitative estimate of drug-likeness (QED) is 0.648. The Kier molecular flexibility index (Phi) is 5.36. The largest absolute Gasteiger partial charge is 0.302 e. The van der Waals surface area contributed by atoms with Crippen LogP contribution >= 0.6 is 0 Å².